The Balaban J connectivity index is 1.48. The van der Waals surface area contributed by atoms with Crippen LogP contribution in [0.1, 0.15) is 94.4 Å². The Morgan fingerprint density at radius 2 is 0.897 bits per heavy atom. The minimum Gasteiger partial charge on any atom is -0.394 e. The fraction of sp³-hybridized carbons (Fsp3) is 0.828. The first-order chi connectivity index (χ1) is 45.5. The number of aliphatic hydroxyl groups excluding tert-OH is 13. The van der Waals surface area contributed by atoms with Gasteiger partial charge in [-0.3, -0.25) is 47.9 Å². The molecule has 0 unspecified atom stereocenters. The van der Waals surface area contributed by atoms with Crippen LogP contribution in [0.15, 0.2) is 0 Å². The summed E-state index contributed by atoms with van der Waals surface area (Å²) in [5.41, 5.74) is 5.31. The Kier molecular flexibility index (Phi) is 30.6. The van der Waals surface area contributed by atoms with Gasteiger partial charge < -0.3 is 148 Å². The lowest BCUT2D eigenvalue weighted by atomic mass is 9.94. The van der Waals surface area contributed by atoms with Crippen LogP contribution in [0.5, 0.6) is 0 Å². The van der Waals surface area contributed by atoms with Crippen LogP contribution in [0.4, 0.5) is 0 Å². The molecule has 29 atom stereocenters. The van der Waals surface area contributed by atoms with Crippen molar-refractivity contribution >= 4 is 59.1 Å². The second kappa shape index (κ2) is 36.3. The summed E-state index contributed by atoms with van der Waals surface area (Å²) in [6, 6.07) is -15.4. The van der Waals surface area contributed by atoms with E-state index in [1.165, 1.54) is 11.8 Å². The molecule has 39 nitrogen and oxygen atoms in total. The zero-order valence-corrected chi connectivity index (χ0v) is 55.1. The number of ether oxygens (including phenoxy) is 6. The molecule has 39 heteroatoms. The third kappa shape index (κ3) is 20.1. The zero-order valence-electron chi connectivity index (χ0n) is 55.1. The molecule has 0 aromatic carbocycles. The molecule has 22 N–H and O–H groups in total. The van der Waals surface area contributed by atoms with Gasteiger partial charge in [-0.1, -0.05) is 20.3 Å². The van der Waals surface area contributed by atoms with Crippen molar-refractivity contribution in [3.05, 3.63) is 0 Å². The van der Waals surface area contributed by atoms with Gasteiger partial charge in [0, 0.05) is 26.9 Å². The van der Waals surface area contributed by atoms with E-state index < -0.39 is 256 Å². The maximum Gasteiger partial charge on any atom is 0.248 e. The van der Waals surface area contributed by atoms with Crippen molar-refractivity contribution in [2.75, 3.05) is 32.9 Å². The highest BCUT2D eigenvalue weighted by Gasteiger charge is 2.56. The normalized spacial score (nSPS) is 32.8. The minimum absolute atomic E-state index is 0.0576. The van der Waals surface area contributed by atoms with E-state index in [2.05, 4.69) is 37.2 Å². The number of rotatable bonds is 31. The molecule has 5 fully saturated rings. The monoisotopic (exact) mass is 1400 g/mol. The molecule has 5 saturated heterocycles. The SMILES string of the molecule is CC[C@H](C)[C@H](NC(=O)[C@@H]1CCCN1C(=O)[C@@H](NC(=O)[C@@H](NC(=O)[C@@H](NC(=O)[C@@H]1CCCN1C(C)=O)[C@@H](C)O)[C@@H](C)O[C@H]1O[C@H](CO)[C@H](O)[C@H](O[C@@H]2O[C@H](CO)[C@H](O)[C@H](O[C@@H]3O[C@H](CO)[C@H](O)[C@H](O)[C@H]3O)[C@H]2O)[C@H]1NC(C)=O)[C@@H](C)O)C(=O)N[C@H](C(=O)N[C@H](C(N)=O)[C@@H](C)O)[C@@H](C)O. The number of primary amides is 1. The van der Waals surface area contributed by atoms with E-state index in [1.54, 1.807) is 13.8 Å². The molecule has 0 radical (unpaired) electrons. The van der Waals surface area contributed by atoms with E-state index in [-0.39, 0.29) is 38.8 Å². The Morgan fingerprint density at radius 1 is 0.495 bits per heavy atom. The maximum absolute atomic E-state index is 15.1. The highest BCUT2D eigenvalue weighted by Crippen LogP contribution is 2.34. The molecule has 0 aromatic rings. The van der Waals surface area contributed by atoms with Crippen molar-refractivity contribution in [3.8, 4) is 0 Å². The summed E-state index contributed by atoms with van der Waals surface area (Å²) in [4.78, 5) is 140. The standard InChI is InChI=1S/C58H98N10O29/c1-10-20(2)33(51(87)64-36(23(5)74)52(88)62-34(21(3)72)48(59)84)61-50(86)29-14-12-16-68(29)55(91)37(24(6)75)65-54(90)38(66-53(89)35(22(4)73)63-49(85)28-13-11-15-67(28)27(9)77)25(7)92-56-39(60-26(8)76)46(41(79)31(18-70)93-56)96-58-45(83)47(42(80)32(19-71)95-58)97-57-44(82)43(81)40(78)30(17-69)94-57/h20-25,28-47,56-58,69-75,78-83H,10-19H2,1-9H3,(H2,59,84)(H,60,76)(H,61,86)(H,62,88)(H,63,85)(H,64,87)(H,65,90)(H,66,89)/t20-,21+,22+,23+,24+,25+,28-,29-,30+,31+,32+,33-,34-,35-,36-,37-,38-,39+,40-,41-,42-,43-,44+,45+,46+,47-,56-,57-,58-/m0/s1. The van der Waals surface area contributed by atoms with Gasteiger partial charge in [-0.05, 0) is 66.2 Å². The average molecular weight is 1400 g/mol. The molecule has 5 aliphatic rings. The first-order valence-corrected chi connectivity index (χ1v) is 32.0. The van der Waals surface area contributed by atoms with Crippen molar-refractivity contribution in [2.45, 2.75) is 265 Å². The molecule has 5 heterocycles. The molecule has 5 aliphatic heterocycles. The van der Waals surface area contributed by atoms with Gasteiger partial charge in [0.05, 0.1) is 50.3 Å². The second-order valence-electron chi connectivity index (χ2n) is 25.1. The van der Waals surface area contributed by atoms with Crippen LogP contribution in [0.25, 0.3) is 0 Å². The van der Waals surface area contributed by atoms with Gasteiger partial charge in [-0.25, -0.2) is 0 Å². The number of aliphatic hydroxyl groups is 13. The first kappa shape index (κ1) is 81.6. The Bertz CT molecular complexity index is 2700. The van der Waals surface area contributed by atoms with E-state index in [4.69, 9.17) is 34.2 Å². The van der Waals surface area contributed by atoms with Gasteiger partial charge in [0.15, 0.2) is 18.9 Å². The quantitative estimate of drug-likeness (QED) is 0.0306. The number of nitrogens with one attached hydrogen (secondary N) is 7. The number of carbonyl (C=O) groups excluding carboxylic acids is 10. The molecule has 5 rings (SSSR count). The predicted molar refractivity (Wildman–Crippen MR) is 323 cm³/mol. The molecule has 0 bridgehead atoms. The van der Waals surface area contributed by atoms with E-state index >= 15 is 4.79 Å². The lowest BCUT2D eigenvalue weighted by Gasteiger charge is -2.49. The topological polar surface area (TPSA) is 606 Å². The third-order valence-electron chi connectivity index (χ3n) is 17.7. The molecular formula is C58H98N10O29. The predicted octanol–water partition coefficient (Wildman–Crippen LogP) is -12.1. The molecule has 0 aliphatic carbocycles. The lowest BCUT2D eigenvalue weighted by Crippen LogP contribution is -2.69. The average Bonchev–Trinajstić information content (AvgIpc) is 1.44. The van der Waals surface area contributed by atoms with E-state index in [0.717, 1.165) is 46.4 Å². The summed E-state index contributed by atoms with van der Waals surface area (Å²) >= 11 is 0. The van der Waals surface area contributed by atoms with Gasteiger partial charge >= 0.3 is 0 Å². The van der Waals surface area contributed by atoms with Gasteiger partial charge in [0.2, 0.25) is 59.1 Å². The number of nitrogens with two attached hydrogens (primary N) is 1. The summed E-state index contributed by atoms with van der Waals surface area (Å²) in [5.74, 6) is -11.0. The molecule has 10 amide bonds. The fourth-order valence-electron chi connectivity index (χ4n) is 11.9. The first-order valence-electron chi connectivity index (χ1n) is 32.0. The maximum atomic E-state index is 15.1. The highest BCUT2D eigenvalue weighted by molar-refractivity contribution is 5.99. The number of nitrogens with zero attached hydrogens (tertiary/aromatic N) is 2. The van der Waals surface area contributed by atoms with E-state index in [0.29, 0.717) is 6.42 Å². The van der Waals surface area contributed by atoms with Crippen LogP contribution < -0.4 is 43.0 Å². The summed E-state index contributed by atoms with van der Waals surface area (Å²) in [7, 11) is 0. The highest BCUT2D eigenvalue weighted by atomic mass is 16.7. The van der Waals surface area contributed by atoms with E-state index in [9.17, 15) is 110 Å². The largest absolute Gasteiger partial charge is 0.394 e. The molecule has 0 aromatic heterocycles. The minimum atomic E-state index is -2.24. The van der Waals surface area contributed by atoms with Crippen LogP contribution in [0.2, 0.25) is 0 Å². The fourth-order valence-corrected chi connectivity index (χ4v) is 11.9. The van der Waals surface area contributed by atoms with Crippen LogP contribution >= 0.6 is 0 Å². The number of hydrogen-bond acceptors (Lipinski definition) is 29. The van der Waals surface area contributed by atoms with Gasteiger partial charge in [0.25, 0.3) is 0 Å². The Hall–Kier alpha value is -6.06. The number of amides is 10. The third-order valence-corrected chi connectivity index (χ3v) is 17.7. The molecule has 97 heavy (non-hydrogen) atoms. The van der Waals surface area contributed by atoms with Crippen molar-refractivity contribution in [2.24, 2.45) is 11.7 Å². The van der Waals surface area contributed by atoms with Crippen LogP contribution in [-0.4, -0.2) is 339 Å². The second-order valence-corrected chi connectivity index (χ2v) is 25.1. The number of likely N-dealkylation sites (tertiary alicyclic amines) is 2. The van der Waals surface area contributed by atoms with Crippen LogP contribution in [-0.2, 0) is 76.4 Å². The Morgan fingerprint density at radius 3 is 1.38 bits per heavy atom. The molecule has 554 valence electrons. The van der Waals surface area contributed by atoms with Gasteiger partial charge in [0.1, 0.15) is 122 Å². The van der Waals surface area contributed by atoms with Crippen LogP contribution in [0.3, 0.4) is 0 Å². The van der Waals surface area contributed by atoms with Crippen LogP contribution in [0, 0.1) is 5.92 Å². The smallest absolute Gasteiger partial charge is 0.248 e. The molecule has 0 saturated carbocycles. The lowest BCUT2D eigenvalue weighted by molar-refractivity contribution is -0.375. The molecule has 0 spiro atoms. The molecular weight excluding hydrogens is 1300 g/mol. The summed E-state index contributed by atoms with van der Waals surface area (Å²) in [5, 5.41) is 157. The van der Waals surface area contributed by atoms with Crippen molar-refractivity contribution in [1.82, 2.24) is 47.0 Å². The summed E-state index contributed by atoms with van der Waals surface area (Å²) in [6.07, 6.45) is -35.2. The van der Waals surface area contributed by atoms with Crippen molar-refractivity contribution in [3.63, 3.8) is 0 Å². The van der Waals surface area contributed by atoms with Gasteiger partial charge in [-0.15, -0.1) is 0 Å². The van der Waals surface area contributed by atoms with Crippen molar-refractivity contribution < 1.29 is 143 Å². The summed E-state index contributed by atoms with van der Waals surface area (Å²) in [6.45, 7) is 7.97. The Labute approximate surface area is 557 Å². The zero-order chi connectivity index (χ0) is 72.9. The number of hydrogen-bond donors (Lipinski definition) is 21. The van der Waals surface area contributed by atoms with Gasteiger partial charge in [-0.2, -0.15) is 0 Å². The number of carbonyl (C=O) groups is 10. The van der Waals surface area contributed by atoms with E-state index in [1.807, 2.05) is 0 Å². The van der Waals surface area contributed by atoms with Crippen molar-refractivity contribution in [1.29, 1.82) is 0 Å². The summed E-state index contributed by atoms with van der Waals surface area (Å²) < 4.78 is 35.1.